The third kappa shape index (κ3) is 7.07. The first-order chi connectivity index (χ1) is 9.90. The highest BCUT2D eigenvalue weighted by molar-refractivity contribution is 5.96. The Balaban J connectivity index is 0.000000212. The summed E-state index contributed by atoms with van der Waals surface area (Å²) >= 11 is 0. The molecule has 6 N–H and O–H groups in total. The molecular weight excluding hydrogens is 274 g/mol. The van der Waals surface area contributed by atoms with E-state index in [1.54, 1.807) is 0 Å². The molecule has 7 heteroatoms. The molecule has 1 aromatic rings. The number of rotatable bonds is 6. The standard InChI is InChI=1S/C9H9NO.C5H10N2O3/c11-9-8(10-9)6-7-4-2-1-3-5-7;6-3(5(9)10)1-2-4(7)8/h1-5,8H,6H2,(H,10,11);3H,1-2,6H2,(H2,7,8)(H,9,10)/t;3-/m.0/s1. The number of hydrogen-bond donors (Lipinski definition) is 4. The van der Waals surface area contributed by atoms with E-state index in [0.29, 0.717) is 0 Å². The van der Waals surface area contributed by atoms with Gasteiger partial charge in [0.15, 0.2) is 0 Å². The summed E-state index contributed by atoms with van der Waals surface area (Å²) in [5, 5.41) is 11.0. The van der Waals surface area contributed by atoms with Crippen LogP contribution in [0.25, 0.3) is 0 Å². The monoisotopic (exact) mass is 293 g/mol. The second-order valence-electron chi connectivity index (χ2n) is 4.70. The Bertz CT molecular complexity index is 504. The van der Waals surface area contributed by atoms with Crippen molar-refractivity contribution < 1.29 is 19.5 Å². The first-order valence-electron chi connectivity index (χ1n) is 6.51. The van der Waals surface area contributed by atoms with Crippen LogP contribution in [0, 0.1) is 0 Å². The maximum absolute atomic E-state index is 10.6. The molecule has 1 heterocycles. The molecule has 0 aliphatic carbocycles. The summed E-state index contributed by atoms with van der Waals surface area (Å²) in [6.07, 6.45) is 0.956. The zero-order chi connectivity index (χ0) is 15.8. The van der Waals surface area contributed by atoms with E-state index in [2.05, 4.69) is 5.32 Å². The van der Waals surface area contributed by atoms with Gasteiger partial charge in [-0.3, -0.25) is 14.4 Å². The van der Waals surface area contributed by atoms with Crippen LogP contribution in [0.4, 0.5) is 0 Å². The number of benzene rings is 1. The number of carboxylic acid groups (broad SMARTS) is 1. The summed E-state index contributed by atoms with van der Waals surface area (Å²) in [4.78, 5) is 30.7. The van der Waals surface area contributed by atoms with E-state index in [1.165, 1.54) is 5.56 Å². The highest BCUT2D eigenvalue weighted by Crippen LogP contribution is 2.09. The highest BCUT2D eigenvalue weighted by atomic mass is 16.4. The molecule has 1 aromatic carbocycles. The van der Waals surface area contributed by atoms with E-state index in [9.17, 15) is 14.4 Å². The molecule has 0 aromatic heterocycles. The fourth-order valence-corrected chi connectivity index (χ4v) is 1.54. The second-order valence-corrected chi connectivity index (χ2v) is 4.70. The van der Waals surface area contributed by atoms with E-state index in [1.807, 2.05) is 30.3 Å². The molecule has 1 aliphatic heterocycles. The highest BCUT2D eigenvalue weighted by Gasteiger charge is 2.32. The average molecular weight is 293 g/mol. The number of carbonyl (C=O) groups excluding carboxylic acids is 2. The van der Waals surface area contributed by atoms with Crippen LogP contribution in [-0.2, 0) is 20.8 Å². The SMILES string of the molecule is NC(=O)CC[C@H](N)C(=O)O.O=C1NC1Cc1ccccc1. The van der Waals surface area contributed by atoms with Crippen molar-refractivity contribution in [2.75, 3.05) is 0 Å². The molecule has 1 fully saturated rings. The molecule has 1 saturated heterocycles. The van der Waals surface area contributed by atoms with Crippen molar-refractivity contribution in [3.05, 3.63) is 35.9 Å². The van der Waals surface area contributed by atoms with Crippen molar-refractivity contribution in [3.8, 4) is 0 Å². The van der Waals surface area contributed by atoms with E-state index < -0.39 is 17.9 Å². The lowest BCUT2D eigenvalue weighted by Crippen LogP contribution is -2.31. The Morgan fingerprint density at radius 1 is 1.29 bits per heavy atom. The van der Waals surface area contributed by atoms with Gasteiger partial charge >= 0.3 is 5.97 Å². The van der Waals surface area contributed by atoms with Crippen LogP contribution in [-0.4, -0.2) is 35.0 Å². The van der Waals surface area contributed by atoms with Crippen LogP contribution in [0.1, 0.15) is 18.4 Å². The number of nitrogens with two attached hydrogens (primary N) is 2. The van der Waals surface area contributed by atoms with Crippen molar-refractivity contribution in [1.29, 1.82) is 0 Å². The molecule has 0 bridgehead atoms. The first kappa shape index (κ1) is 16.6. The first-order valence-corrected chi connectivity index (χ1v) is 6.51. The Morgan fingerprint density at radius 3 is 2.29 bits per heavy atom. The van der Waals surface area contributed by atoms with Gasteiger partial charge in [-0.2, -0.15) is 0 Å². The maximum Gasteiger partial charge on any atom is 0.320 e. The molecule has 0 radical (unpaired) electrons. The van der Waals surface area contributed by atoms with Gasteiger partial charge in [-0.15, -0.1) is 0 Å². The molecule has 1 aliphatic rings. The van der Waals surface area contributed by atoms with Gasteiger partial charge in [-0.25, -0.2) is 0 Å². The number of amides is 2. The average Bonchev–Trinajstić information content (AvgIpc) is 3.13. The molecular formula is C14H19N3O4. The molecule has 2 atom stereocenters. The van der Waals surface area contributed by atoms with Crippen molar-refractivity contribution in [2.24, 2.45) is 11.5 Å². The fourth-order valence-electron chi connectivity index (χ4n) is 1.54. The molecule has 7 nitrogen and oxygen atoms in total. The van der Waals surface area contributed by atoms with Crippen molar-refractivity contribution >= 4 is 17.8 Å². The van der Waals surface area contributed by atoms with E-state index in [4.69, 9.17) is 16.6 Å². The predicted octanol–water partition coefficient (Wildman–Crippen LogP) is -0.609. The number of aliphatic carboxylic acids is 1. The van der Waals surface area contributed by atoms with E-state index in [0.717, 1.165) is 6.42 Å². The predicted molar refractivity (Wildman–Crippen MR) is 76.1 cm³/mol. The summed E-state index contributed by atoms with van der Waals surface area (Å²) in [6.45, 7) is 0. The largest absolute Gasteiger partial charge is 0.480 e. The van der Waals surface area contributed by atoms with Gasteiger partial charge in [0.2, 0.25) is 11.8 Å². The summed E-state index contributed by atoms with van der Waals surface area (Å²) < 4.78 is 0. The molecule has 0 spiro atoms. The Labute approximate surface area is 122 Å². The molecule has 2 amide bonds. The third-order valence-corrected chi connectivity index (χ3v) is 2.85. The molecule has 1 unspecified atom stereocenters. The van der Waals surface area contributed by atoms with Gasteiger partial charge in [-0.05, 0) is 12.0 Å². The molecule has 114 valence electrons. The van der Waals surface area contributed by atoms with Gasteiger partial charge in [0.25, 0.3) is 0 Å². The minimum Gasteiger partial charge on any atom is -0.480 e. The number of hydrogen-bond acceptors (Lipinski definition) is 4. The van der Waals surface area contributed by atoms with Gasteiger partial charge in [0.1, 0.15) is 12.1 Å². The topological polar surface area (TPSA) is 145 Å². The summed E-state index contributed by atoms with van der Waals surface area (Å²) in [6, 6.07) is 9.14. The lowest BCUT2D eigenvalue weighted by molar-refractivity contribution is -0.138. The maximum atomic E-state index is 10.6. The lowest BCUT2D eigenvalue weighted by Gasteiger charge is -2.01. The molecule has 0 saturated carbocycles. The van der Waals surface area contributed by atoms with Gasteiger partial charge in [-0.1, -0.05) is 30.3 Å². The number of primary amides is 1. The van der Waals surface area contributed by atoms with Crippen LogP contribution >= 0.6 is 0 Å². The van der Waals surface area contributed by atoms with Gasteiger partial charge in [0, 0.05) is 12.8 Å². The minimum atomic E-state index is -1.11. The Kier molecular flexibility index (Phi) is 6.35. The van der Waals surface area contributed by atoms with Crippen LogP contribution < -0.4 is 16.8 Å². The number of carbonyl (C=O) groups is 3. The zero-order valence-electron chi connectivity index (χ0n) is 11.5. The Morgan fingerprint density at radius 2 is 1.86 bits per heavy atom. The van der Waals surface area contributed by atoms with E-state index in [-0.39, 0.29) is 24.8 Å². The van der Waals surface area contributed by atoms with Crippen LogP contribution in [0.2, 0.25) is 0 Å². The molecule has 21 heavy (non-hydrogen) atoms. The smallest absolute Gasteiger partial charge is 0.320 e. The minimum absolute atomic E-state index is 0.0213. The third-order valence-electron chi connectivity index (χ3n) is 2.85. The van der Waals surface area contributed by atoms with Crippen molar-refractivity contribution in [1.82, 2.24) is 5.32 Å². The normalized spacial score (nSPS) is 17.0. The summed E-state index contributed by atoms with van der Waals surface area (Å²) in [5.41, 5.74) is 11.0. The van der Waals surface area contributed by atoms with Gasteiger partial charge in [0.05, 0.1) is 0 Å². The number of nitrogens with one attached hydrogen (secondary N) is 1. The molecule has 2 rings (SSSR count). The zero-order valence-corrected chi connectivity index (χ0v) is 11.5. The Hall–Kier alpha value is -2.41. The van der Waals surface area contributed by atoms with Crippen LogP contribution in [0.3, 0.4) is 0 Å². The van der Waals surface area contributed by atoms with Gasteiger partial charge < -0.3 is 21.9 Å². The summed E-state index contributed by atoms with van der Waals surface area (Å²) in [5.74, 6) is -1.47. The van der Waals surface area contributed by atoms with Crippen molar-refractivity contribution in [2.45, 2.75) is 31.3 Å². The fraction of sp³-hybridized carbons (Fsp3) is 0.357. The van der Waals surface area contributed by atoms with Crippen LogP contribution in [0.5, 0.6) is 0 Å². The number of carboxylic acids is 1. The summed E-state index contributed by atoms with van der Waals surface area (Å²) in [7, 11) is 0. The van der Waals surface area contributed by atoms with Crippen LogP contribution in [0.15, 0.2) is 30.3 Å². The quantitative estimate of drug-likeness (QED) is 0.517. The van der Waals surface area contributed by atoms with Crippen molar-refractivity contribution in [3.63, 3.8) is 0 Å². The lowest BCUT2D eigenvalue weighted by atomic mass is 10.1. The second kappa shape index (κ2) is 8.01. The van der Waals surface area contributed by atoms with E-state index >= 15 is 0 Å².